The molecule has 1 aromatic carbocycles. The predicted molar refractivity (Wildman–Crippen MR) is 118 cm³/mol. The first kappa shape index (κ1) is 19.6. The Hall–Kier alpha value is -3.31. The summed E-state index contributed by atoms with van der Waals surface area (Å²) in [5.74, 6) is 1.51. The molecule has 0 radical (unpaired) electrons. The predicted octanol–water partition coefficient (Wildman–Crippen LogP) is 1.07. The van der Waals surface area contributed by atoms with Crippen LogP contribution in [0.15, 0.2) is 33.5 Å². The number of nitriles is 2. The molecule has 3 heterocycles. The molecule has 0 aromatic heterocycles. The fourth-order valence-corrected chi connectivity index (χ4v) is 3.96. The number of nitrogens with one attached hydrogen (secondary N) is 4. The first-order chi connectivity index (χ1) is 15.2. The lowest BCUT2D eigenvalue weighted by atomic mass is 10.1. The maximum absolute atomic E-state index is 9.54. The van der Waals surface area contributed by atoms with E-state index in [9.17, 15) is 10.5 Å². The van der Waals surface area contributed by atoms with Crippen molar-refractivity contribution in [2.45, 2.75) is 18.9 Å². The number of nitrogens with zero attached hydrogens (tertiary/aromatic N) is 6. The van der Waals surface area contributed by atoms with E-state index in [4.69, 9.17) is 11.6 Å². The quantitative estimate of drug-likeness (QED) is 0.554. The Morgan fingerprint density at radius 3 is 2.71 bits per heavy atom. The summed E-state index contributed by atoms with van der Waals surface area (Å²) in [6.07, 6.45) is 2.08. The van der Waals surface area contributed by atoms with Crippen molar-refractivity contribution in [2.24, 2.45) is 9.98 Å². The second kappa shape index (κ2) is 8.08. The number of hydrogen-bond acceptors (Lipinski definition) is 8. The third kappa shape index (κ3) is 3.89. The molecule has 1 aliphatic carbocycles. The van der Waals surface area contributed by atoms with Crippen LogP contribution in [0.25, 0.3) is 0 Å². The summed E-state index contributed by atoms with van der Waals surface area (Å²) < 4.78 is 0. The van der Waals surface area contributed by atoms with Gasteiger partial charge in [-0.05, 0) is 25.0 Å². The van der Waals surface area contributed by atoms with Crippen LogP contribution in [0.3, 0.4) is 0 Å². The molecule has 2 fully saturated rings. The summed E-state index contributed by atoms with van der Waals surface area (Å²) in [4.78, 5) is 11.4. The van der Waals surface area contributed by atoms with Gasteiger partial charge in [-0.25, -0.2) is 15.4 Å². The summed E-state index contributed by atoms with van der Waals surface area (Å²) in [5, 5.41) is 31.0. The molecule has 4 aliphatic rings. The summed E-state index contributed by atoms with van der Waals surface area (Å²) in [6, 6.07) is 8.20. The topological polar surface area (TPSA) is 127 Å². The van der Waals surface area contributed by atoms with Crippen LogP contribution < -0.4 is 26.3 Å². The number of halogens is 1. The van der Waals surface area contributed by atoms with Gasteiger partial charge >= 0.3 is 0 Å². The van der Waals surface area contributed by atoms with Crippen LogP contribution in [-0.4, -0.2) is 55.7 Å². The molecule has 0 bridgehead atoms. The molecule has 0 spiro atoms. The lowest BCUT2D eigenvalue weighted by Crippen LogP contribution is -2.49. The molecule has 0 amide bonds. The third-order valence-corrected chi connectivity index (χ3v) is 5.84. The summed E-state index contributed by atoms with van der Waals surface area (Å²) in [5.41, 5.74) is 5.59. The molecule has 5 rings (SSSR count). The van der Waals surface area contributed by atoms with Crippen molar-refractivity contribution in [3.8, 4) is 12.1 Å². The zero-order valence-electron chi connectivity index (χ0n) is 16.7. The van der Waals surface area contributed by atoms with E-state index < -0.39 is 0 Å². The number of anilines is 2. The standard InChI is InChI=1S/C20H21ClN10/c21-17-15(7-12(9-22)8-16(17)30-5-3-24-4-6-30)27-19-28-18-13(10-23)11-25-31(18)20(29-19)26-14-1-2-14/h7-8,14,24-25H,1-6,11H2,(H2,26,27,28,29). The van der Waals surface area contributed by atoms with Crippen molar-refractivity contribution in [1.82, 2.24) is 21.1 Å². The van der Waals surface area contributed by atoms with Gasteiger partial charge < -0.3 is 20.9 Å². The largest absolute Gasteiger partial charge is 0.368 e. The Labute approximate surface area is 184 Å². The van der Waals surface area contributed by atoms with Crippen molar-refractivity contribution in [3.05, 3.63) is 34.1 Å². The average molecular weight is 437 g/mol. The number of hydrogen-bond donors (Lipinski definition) is 4. The van der Waals surface area contributed by atoms with Crippen molar-refractivity contribution < 1.29 is 0 Å². The van der Waals surface area contributed by atoms with Crippen LogP contribution in [0, 0.1) is 22.7 Å². The molecular weight excluding hydrogens is 416 g/mol. The number of fused-ring (bicyclic) bond motifs is 1. The van der Waals surface area contributed by atoms with E-state index in [1.807, 2.05) is 6.07 Å². The van der Waals surface area contributed by atoms with E-state index >= 15 is 0 Å². The van der Waals surface area contributed by atoms with Gasteiger partial charge in [0.2, 0.25) is 11.9 Å². The van der Waals surface area contributed by atoms with Crippen molar-refractivity contribution in [3.63, 3.8) is 0 Å². The summed E-state index contributed by atoms with van der Waals surface area (Å²) >= 11 is 6.75. The number of benzene rings is 1. The monoisotopic (exact) mass is 436 g/mol. The van der Waals surface area contributed by atoms with Gasteiger partial charge in [-0.2, -0.15) is 15.5 Å². The van der Waals surface area contributed by atoms with E-state index in [0.717, 1.165) is 44.7 Å². The summed E-state index contributed by atoms with van der Waals surface area (Å²) in [6.45, 7) is 3.75. The molecule has 3 aliphatic heterocycles. The van der Waals surface area contributed by atoms with Crippen LogP contribution in [0.4, 0.5) is 11.4 Å². The van der Waals surface area contributed by atoms with Crippen LogP contribution in [0.2, 0.25) is 5.02 Å². The van der Waals surface area contributed by atoms with Crippen LogP contribution in [0.1, 0.15) is 18.4 Å². The van der Waals surface area contributed by atoms with Gasteiger partial charge in [0.25, 0.3) is 0 Å². The number of hydrazine groups is 1. The van der Waals surface area contributed by atoms with Gasteiger partial charge in [0.05, 0.1) is 52.3 Å². The van der Waals surface area contributed by atoms with Gasteiger partial charge in [0.1, 0.15) is 5.82 Å². The molecule has 10 nitrogen and oxygen atoms in total. The number of guanidine groups is 2. The minimum absolute atomic E-state index is 0.261. The Bertz CT molecular complexity index is 1080. The minimum atomic E-state index is 0.261. The SMILES string of the molecule is N#CC1=C2NC(Nc3cc(C#N)cc(N4CCNCC4)c3Cl)=NC(=NC3CC3)N2NC1. The van der Waals surface area contributed by atoms with Gasteiger partial charge in [-0.15, -0.1) is 0 Å². The molecule has 11 heteroatoms. The second-order valence-electron chi connectivity index (χ2n) is 7.69. The molecule has 4 N–H and O–H groups in total. The number of rotatable bonds is 3. The molecular formula is C20H21ClN10. The normalized spacial score (nSPS) is 21.9. The lowest BCUT2D eigenvalue weighted by molar-refractivity contribution is 0.405. The molecule has 1 saturated carbocycles. The van der Waals surface area contributed by atoms with E-state index in [0.29, 0.717) is 46.1 Å². The molecule has 158 valence electrons. The first-order valence-electron chi connectivity index (χ1n) is 10.2. The van der Waals surface area contributed by atoms with Gasteiger partial charge in [-0.1, -0.05) is 11.6 Å². The van der Waals surface area contributed by atoms with E-state index in [2.05, 4.69) is 48.4 Å². The Kier molecular flexibility index (Phi) is 5.12. The molecule has 0 atom stereocenters. The van der Waals surface area contributed by atoms with Gasteiger partial charge in [-0.3, -0.25) is 0 Å². The highest BCUT2D eigenvalue weighted by molar-refractivity contribution is 6.36. The maximum atomic E-state index is 9.54. The Balaban J connectivity index is 1.50. The fraction of sp³-hybridized carbons (Fsp3) is 0.400. The second-order valence-corrected chi connectivity index (χ2v) is 8.06. The van der Waals surface area contributed by atoms with Crippen LogP contribution >= 0.6 is 11.6 Å². The summed E-state index contributed by atoms with van der Waals surface area (Å²) in [7, 11) is 0. The third-order valence-electron chi connectivity index (χ3n) is 5.45. The first-order valence-corrected chi connectivity index (χ1v) is 10.6. The highest BCUT2D eigenvalue weighted by atomic mass is 35.5. The highest BCUT2D eigenvalue weighted by Crippen LogP contribution is 2.35. The smallest absolute Gasteiger partial charge is 0.245 e. The highest BCUT2D eigenvalue weighted by Gasteiger charge is 2.33. The number of piperazine rings is 1. The van der Waals surface area contributed by atoms with Crippen LogP contribution in [0.5, 0.6) is 0 Å². The van der Waals surface area contributed by atoms with Gasteiger partial charge in [0.15, 0.2) is 0 Å². The maximum Gasteiger partial charge on any atom is 0.245 e. The molecule has 1 saturated heterocycles. The van der Waals surface area contributed by atoms with E-state index in [1.54, 1.807) is 11.1 Å². The zero-order chi connectivity index (χ0) is 21.4. The zero-order valence-corrected chi connectivity index (χ0v) is 17.5. The minimum Gasteiger partial charge on any atom is -0.368 e. The van der Waals surface area contributed by atoms with E-state index in [1.165, 1.54) is 0 Å². The average Bonchev–Trinajstić information content (AvgIpc) is 3.51. The lowest BCUT2D eigenvalue weighted by Gasteiger charge is -2.31. The van der Waals surface area contributed by atoms with Crippen molar-refractivity contribution in [2.75, 3.05) is 42.9 Å². The van der Waals surface area contributed by atoms with Gasteiger partial charge in [0, 0.05) is 26.2 Å². The Morgan fingerprint density at radius 1 is 1.19 bits per heavy atom. The number of aliphatic imine (C=N–C) groups is 2. The van der Waals surface area contributed by atoms with Crippen molar-refractivity contribution in [1.29, 1.82) is 10.5 Å². The fourth-order valence-electron chi connectivity index (χ4n) is 3.68. The molecule has 0 unspecified atom stereocenters. The molecule has 1 aromatic rings. The Morgan fingerprint density at radius 2 is 2.00 bits per heavy atom. The molecule has 31 heavy (non-hydrogen) atoms. The van der Waals surface area contributed by atoms with Crippen molar-refractivity contribution >= 4 is 34.9 Å². The van der Waals surface area contributed by atoms with E-state index in [-0.39, 0.29) is 6.04 Å². The van der Waals surface area contributed by atoms with Crippen LogP contribution in [-0.2, 0) is 0 Å².